The van der Waals surface area contributed by atoms with Gasteiger partial charge >= 0.3 is 0 Å². The number of allylic oxidation sites excluding steroid dienone is 2. The number of aliphatic hydroxyl groups is 1. The molecule has 1 radical (unpaired) electrons. The predicted octanol–water partition coefficient (Wildman–Crippen LogP) is 13.7. The summed E-state index contributed by atoms with van der Waals surface area (Å²) in [5, 5.41) is 16.2. The standard InChI is InChI=1S/C31H30NS.C15H28O2.Ir/c1-20(2)14-21-10-11-26-27(19-33-30(26)15-21)23-12-13-32-29(18-23)24-16-22-8-6-7-9-25(22)28(17-24)31(3,4)5;1-7-14(5,8-2)12(16)11-13(17)15(6,9-3)10-4;/h6-13,15,17-20H,14H2,1-5H3;11,16H,7-10H2,1-6H3;/q-1;;/b;12-11-;. The third-order valence-electron chi connectivity index (χ3n) is 10.8. The maximum Gasteiger partial charge on any atom is 0.164 e. The van der Waals surface area contributed by atoms with Gasteiger partial charge in [-0.2, -0.15) is 0 Å². The van der Waals surface area contributed by atoms with E-state index < -0.39 is 0 Å². The summed E-state index contributed by atoms with van der Waals surface area (Å²) in [6, 6.07) is 25.7. The second-order valence-corrected chi connectivity index (χ2v) is 16.7. The molecule has 5 rings (SSSR count). The Morgan fingerprint density at radius 1 is 0.863 bits per heavy atom. The van der Waals surface area contributed by atoms with Crippen molar-refractivity contribution in [3.8, 4) is 22.4 Å². The van der Waals surface area contributed by atoms with E-state index in [0.717, 1.165) is 48.7 Å². The van der Waals surface area contributed by atoms with Gasteiger partial charge in [-0.05, 0) is 77.6 Å². The topological polar surface area (TPSA) is 50.2 Å². The molecule has 5 heteroatoms. The minimum absolute atomic E-state index is 0. The second kappa shape index (κ2) is 17.6. The Hall–Kier alpha value is -3.11. The molecule has 0 spiro atoms. The molecule has 3 nitrogen and oxygen atoms in total. The molecule has 51 heavy (non-hydrogen) atoms. The Labute approximate surface area is 325 Å². The number of carbonyl (C=O) groups excluding carboxylic acids is 1. The summed E-state index contributed by atoms with van der Waals surface area (Å²) >= 11 is 1.83. The van der Waals surface area contributed by atoms with E-state index >= 15 is 0 Å². The zero-order valence-corrected chi connectivity index (χ0v) is 35.9. The van der Waals surface area contributed by atoms with Gasteiger partial charge in [0.1, 0.15) is 5.76 Å². The first-order valence-corrected chi connectivity index (χ1v) is 19.3. The van der Waals surface area contributed by atoms with Gasteiger partial charge in [-0.15, -0.1) is 40.5 Å². The number of rotatable bonds is 11. The smallest absolute Gasteiger partial charge is 0.164 e. The van der Waals surface area contributed by atoms with Gasteiger partial charge in [0.2, 0.25) is 0 Å². The number of hydrogen-bond acceptors (Lipinski definition) is 4. The Morgan fingerprint density at radius 3 is 2.12 bits per heavy atom. The summed E-state index contributed by atoms with van der Waals surface area (Å²) < 4.78 is 1.36. The Kier molecular flexibility index (Phi) is 14.6. The summed E-state index contributed by atoms with van der Waals surface area (Å²) in [5.74, 6) is 0.953. The number of fused-ring (bicyclic) bond motifs is 2. The van der Waals surface area contributed by atoms with Crippen LogP contribution >= 0.6 is 11.3 Å². The van der Waals surface area contributed by atoms with E-state index in [1.807, 2.05) is 59.1 Å². The molecule has 0 saturated heterocycles. The minimum atomic E-state index is -0.337. The van der Waals surface area contributed by atoms with E-state index in [9.17, 15) is 9.90 Å². The first-order valence-electron chi connectivity index (χ1n) is 18.5. The molecule has 0 bridgehead atoms. The zero-order valence-electron chi connectivity index (χ0n) is 32.7. The van der Waals surface area contributed by atoms with Gasteiger partial charge in [-0.25, -0.2) is 0 Å². The zero-order chi connectivity index (χ0) is 36.9. The van der Waals surface area contributed by atoms with Gasteiger partial charge < -0.3 is 5.11 Å². The number of aromatic nitrogens is 1. The van der Waals surface area contributed by atoms with E-state index in [2.05, 4.69) is 107 Å². The molecule has 0 unspecified atom stereocenters. The average Bonchev–Trinajstić information content (AvgIpc) is 3.53. The van der Waals surface area contributed by atoms with E-state index in [4.69, 9.17) is 4.98 Å². The fourth-order valence-electron chi connectivity index (χ4n) is 6.31. The van der Waals surface area contributed by atoms with Crippen molar-refractivity contribution in [3.05, 3.63) is 101 Å². The summed E-state index contributed by atoms with van der Waals surface area (Å²) in [7, 11) is 0. The van der Waals surface area contributed by atoms with Crippen molar-refractivity contribution in [2.45, 2.75) is 114 Å². The molecule has 2 aromatic heterocycles. The second-order valence-electron chi connectivity index (χ2n) is 15.8. The fourth-order valence-corrected chi connectivity index (χ4v) is 7.34. The Morgan fingerprint density at radius 2 is 1.51 bits per heavy atom. The Bertz CT molecular complexity index is 1950. The first kappa shape index (κ1) is 42.3. The number of nitrogens with zero attached hydrogens (tertiary/aromatic N) is 1. The van der Waals surface area contributed by atoms with Crippen LogP contribution in [0, 0.1) is 22.8 Å². The van der Waals surface area contributed by atoms with Gasteiger partial charge in [0.15, 0.2) is 5.78 Å². The molecule has 5 aromatic rings. The van der Waals surface area contributed by atoms with E-state index in [0.29, 0.717) is 5.92 Å². The third-order valence-corrected chi connectivity index (χ3v) is 11.8. The van der Waals surface area contributed by atoms with Crippen LogP contribution in [-0.4, -0.2) is 15.9 Å². The summed E-state index contributed by atoms with van der Waals surface area (Å²) in [4.78, 5) is 16.9. The van der Waals surface area contributed by atoms with Crippen molar-refractivity contribution >= 4 is 38.0 Å². The molecule has 0 fully saturated rings. The molecule has 0 aliphatic heterocycles. The molecular formula is C46H58IrNO2S-. The van der Waals surface area contributed by atoms with Crippen molar-refractivity contribution in [2.75, 3.05) is 0 Å². The van der Waals surface area contributed by atoms with Gasteiger partial charge in [0.25, 0.3) is 0 Å². The third kappa shape index (κ3) is 9.86. The average molecular weight is 881 g/mol. The molecule has 0 aliphatic rings. The molecule has 275 valence electrons. The van der Waals surface area contributed by atoms with Crippen molar-refractivity contribution < 1.29 is 30.0 Å². The van der Waals surface area contributed by atoms with Crippen LogP contribution in [0.5, 0.6) is 0 Å². The number of hydrogen-bond donors (Lipinski definition) is 1. The van der Waals surface area contributed by atoms with Crippen LogP contribution in [0.4, 0.5) is 0 Å². The molecule has 3 aromatic carbocycles. The molecule has 1 N–H and O–H groups in total. The van der Waals surface area contributed by atoms with E-state index in [-0.39, 0.29) is 47.9 Å². The maximum atomic E-state index is 12.2. The molecule has 2 heterocycles. The van der Waals surface area contributed by atoms with Gasteiger partial charge in [0, 0.05) is 59.0 Å². The number of benzene rings is 3. The number of carbonyl (C=O) groups is 1. The fraction of sp³-hybridized carbons (Fsp3) is 0.435. The molecule has 0 amide bonds. The quantitative estimate of drug-likeness (QED) is 0.0817. The van der Waals surface area contributed by atoms with Crippen LogP contribution in [0.1, 0.15) is 113 Å². The van der Waals surface area contributed by atoms with Gasteiger partial charge in [-0.3, -0.25) is 9.78 Å². The van der Waals surface area contributed by atoms with Crippen molar-refractivity contribution in [2.24, 2.45) is 16.7 Å². The largest absolute Gasteiger partial charge is 0.512 e. The van der Waals surface area contributed by atoms with Gasteiger partial charge in [0.05, 0.1) is 0 Å². The van der Waals surface area contributed by atoms with Crippen molar-refractivity contribution in [1.29, 1.82) is 0 Å². The SMILES string of the molecule is CC(C)Cc1ccc2c(-c3ccnc(-c4[c-]c5ccccc5c(C(C)(C)C)c4)c3)csc2c1.CCC(C)(CC)C(=O)/C=C(\O)C(C)(CC)CC.[Ir]. The van der Waals surface area contributed by atoms with Gasteiger partial charge in [-0.1, -0.05) is 124 Å². The van der Waals surface area contributed by atoms with Crippen LogP contribution < -0.4 is 0 Å². The van der Waals surface area contributed by atoms with Crippen LogP contribution in [-0.2, 0) is 36.7 Å². The number of pyridine rings is 1. The van der Waals surface area contributed by atoms with Crippen LogP contribution in [0.2, 0.25) is 0 Å². The van der Waals surface area contributed by atoms with Crippen LogP contribution in [0.15, 0.2) is 84.1 Å². The number of thiophene rings is 1. The maximum absolute atomic E-state index is 12.2. The summed E-state index contributed by atoms with van der Waals surface area (Å²) in [6.07, 6.45) is 7.81. The monoisotopic (exact) mass is 881 g/mol. The van der Waals surface area contributed by atoms with Crippen molar-refractivity contribution in [1.82, 2.24) is 4.98 Å². The molecule has 0 atom stereocenters. The summed E-state index contributed by atoms with van der Waals surface area (Å²) in [5.41, 5.74) is 6.71. The molecular weight excluding hydrogens is 823 g/mol. The summed E-state index contributed by atoms with van der Waals surface area (Å²) in [6.45, 7) is 23.4. The Balaban J connectivity index is 0.000000335. The molecule has 0 saturated carbocycles. The first-order chi connectivity index (χ1) is 23.6. The van der Waals surface area contributed by atoms with E-state index in [1.54, 1.807) is 0 Å². The number of aliphatic hydroxyl groups excluding tert-OH is 1. The predicted molar refractivity (Wildman–Crippen MR) is 217 cm³/mol. The molecule has 0 aliphatic carbocycles. The van der Waals surface area contributed by atoms with Crippen LogP contribution in [0.3, 0.4) is 0 Å². The minimum Gasteiger partial charge on any atom is -0.512 e. The number of ketones is 1. The van der Waals surface area contributed by atoms with Crippen LogP contribution in [0.25, 0.3) is 43.2 Å². The van der Waals surface area contributed by atoms with Crippen molar-refractivity contribution in [3.63, 3.8) is 0 Å². The normalized spacial score (nSPS) is 12.5. The van der Waals surface area contributed by atoms with E-state index in [1.165, 1.54) is 43.8 Å².